The SMILES string of the molecule is Cc1sc(N2CCC(C)CC2)nc1-c1cc(Br)ccc1O. The van der Waals surface area contributed by atoms with Crippen LogP contribution in [0, 0.1) is 12.8 Å². The number of rotatable bonds is 2. The van der Waals surface area contributed by atoms with E-state index < -0.39 is 0 Å². The van der Waals surface area contributed by atoms with Crippen LogP contribution < -0.4 is 4.90 Å². The van der Waals surface area contributed by atoms with Gasteiger partial charge in [-0.3, -0.25) is 0 Å². The predicted molar refractivity (Wildman–Crippen MR) is 92.3 cm³/mol. The van der Waals surface area contributed by atoms with Crippen molar-refractivity contribution < 1.29 is 5.11 Å². The van der Waals surface area contributed by atoms with Gasteiger partial charge < -0.3 is 10.0 Å². The summed E-state index contributed by atoms with van der Waals surface area (Å²) in [4.78, 5) is 8.32. The third-order valence-electron chi connectivity index (χ3n) is 4.05. The maximum Gasteiger partial charge on any atom is 0.186 e. The number of halogens is 1. The van der Waals surface area contributed by atoms with Crippen molar-refractivity contribution in [2.45, 2.75) is 26.7 Å². The van der Waals surface area contributed by atoms with Gasteiger partial charge in [-0.05, 0) is 43.9 Å². The number of phenolic OH excluding ortho intramolecular Hbond substituents is 1. The quantitative estimate of drug-likeness (QED) is 0.827. The molecular weight excluding hydrogens is 348 g/mol. The van der Waals surface area contributed by atoms with Crippen molar-refractivity contribution in [3.8, 4) is 17.0 Å². The van der Waals surface area contributed by atoms with Gasteiger partial charge in [0.15, 0.2) is 5.13 Å². The third kappa shape index (κ3) is 3.09. The summed E-state index contributed by atoms with van der Waals surface area (Å²) in [6, 6.07) is 5.48. The highest BCUT2D eigenvalue weighted by atomic mass is 79.9. The summed E-state index contributed by atoms with van der Waals surface area (Å²) in [7, 11) is 0. The number of aromatic nitrogens is 1. The summed E-state index contributed by atoms with van der Waals surface area (Å²) >= 11 is 5.18. The van der Waals surface area contributed by atoms with Crippen LogP contribution in [0.5, 0.6) is 5.75 Å². The van der Waals surface area contributed by atoms with E-state index in [1.54, 1.807) is 17.4 Å². The van der Waals surface area contributed by atoms with Crippen molar-refractivity contribution in [1.29, 1.82) is 0 Å². The zero-order valence-electron chi connectivity index (χ0n) is 12.3. The Labute approximate surface area is 137 Å². The molecule has 3 rings (SSSR count). The number of anilines is 1. The highest BCUT2D eigenvalue weighted by molar-refractivity contribution is 9.10. The number of thiazole rings is 1. The molecule has 0 spiro atoms. The fourth-order valence-electron chi connectivity index (χ4n) is 2.67. The van der Waals surface area contributed by atoms with E-state index in [2.05, 4.69) is 34.7 Å². The minimum Gasteiger partial charge on any atom is -0.507 e. The van der Waals surface area contributed by atoms with Gasteiger partial charge in [-0.1, -0.05) is 22.9 Å². The van der Waals surface area contributed by atoms with Gasteiger partial charge in [-0.15, -0.1) is 11.3 Å². The number of piperidine rings is 1. The molecule has 3 nitrogen and oxygen atoms in total. The Bertz CT molecular complexity index is 648. The molecule has 1 aromatic carbocycles. The summed E-state index contributed by atoms with van der Waals surface area (Å²) in [6.45, 7) is 6.55. The molecule has 1 aromatic heterocycles. The van der Waals surface area contributed by atoms with Gasteiger partial charge in [0.2, 0.25) is 0 Å². The molecule has 0 amide bonds. The summed E-state index contributed by atoms with van der Waals surface area (Å²) in [6.07, 6.45) is 2.46. The van der Waals surface area contributed by atoms with Crippen LogP contribution in [0.25, 0.3) is 11.3 Å². The summed E-state index contributed by atoms with van der Waals surface area (Å²) in [5.74, 6) is 1.10. The van der Waals surface area contributed by atoms with Gasteiger partial charge in [0.05, 0.1) is 5.69 Å². The number of aromatic hydroxyl groups is 1. The zero-order valence-corrected chi connectivity index (χ0v) is 14.7. The Morgan fingerprint density at radius 2 is 2.05 bits per heavy atom. The molecule has 1 N–H and O–H groups in total. The molecule has 5 heteroatoms. The number of phenols is 1. The van der Waals surface area contributed by atoms with Gasteiger partial charge in [0.25, 0.3) is 0 Å². The maximum absolute atomic E-state index is 10.1. The number of benzene rings is 1. The first kappa shape index (κ1) is 14.9. The minimum absolute atomic E-state index is 0.283. The van der Waals surface area contributed by atoms with E-state index >= 15 is 0 Å². The monoisotopic (exact) mass is 366 g/mol. The summed E-state index contributed by atoms with van der Waals surface area (Å²) in [5, 5.41) is 11.2. The van der Waals surface area contributed by atoms with Crippen LogP contribution in [0.4, 0.5) is 5.13 Å². The van der Waals surface area contributed by atoms with Crippen LogP contribution in [0.1, 0.15) is 24.6 Å². The zero-order chi connectivity index (χ0) is 15.0. The molecule has 0 radical (unpaired) electrons. The molecule has 0 aliphatic carbocycles. The van der Waals surface area contributed by atoms with Crippen LogP contribution in [-0.4, -0.2) is 23.2 Å². The first-order valence-electron chi connectivity index (χ1n) is 7.26. The van der Waals surface area contributed by atoms with E-state index in [4.69, 9.17) is 4.98 Å². The average Bonchev–Trinajstić information content (AvgIpc) is 2.84. The summed E-state index contributed by atoms with van der Waals surface area (Å²) in [5.41, 5.74) is 1.70. The molecule has 1 aliphatic rings. The third-order valence-corrected chi connectivity index (χ3v) is 5.58. The van der Waals surface area contributed by atoms with Crippen LogP contribution in [0.2, 0.25) is 0 Å². The second kappa shape index (κ2) is 5.97. The van der Waals surface area contributed by atoms with Gasteiger partial charge in [0.1, 0.15) is 5.75 Å². The molecule has 2 heterocycles. The lowest BCUT2D eigenvalue weighted by molar-refractivity contribution is 0.438. The van der Waals surface area contributed by atoms with Gasteiger partial charge in [-0.25, -0.2) is 4.98 Å². The minimum atomic E-state index is 0.283. The first-order chi connectivity index (χ1) is 10.0. The van der Waals surface area contributed by atoms with Gasteiger partial charge >= 0.3 is 0 Å². The Hall–Kier alpha value is -1.07. The molecule has 0 saturated carbocycles. The van der Waals surface area contributed by atoms with E-state index in [0.717, 1.165) is 44.7 Å². The molecular formula is C16H19BrN2OS. The molecule has 21 heavy (non-hydrogen) atoms. The van der Waals surface area contributed by atoms with Crippen LogP contribution in [0.15, 0.2) is 22.7 Å². The van der Waals surface area contributed by atoms with E-state index in [0.29, 0.717) is 0 Å². The van der Waals surface area contributed by atoms with E-state index in [-0.39, 0.29) is 5.75 Å². The molecule has 0 atom stereocenters. The lowest BCUT2D eigenvalue weighted by atomic mass is 10.00. The van der Waals surface area contributed by atoms with Crippen LogP contribution in [0.3, 0.4) is 0 Å². The van der Waals surface area contributed by atoms with Crippen molar-refractivity contribution in [1.82, 2.24) is 4.98 Å². The van der Waals surface area contributed by atoms with E-state index in [1.165, 1.54) is 12.8 Å². The van der Waals surface area contributed by atoms with Crippen LogP contribution >= 0.6 is 27.3 Å². The first-order valence-corrected chi connectivity index (χ1v) is 8.87. The highest BCUT2D eigenvalue weighted by Crippen LogP contribution is 2.38. The Morgan fingerprint density at radius 3 is 2.76 bits per heavy atom. The van der Waals surface area contributed by atoms with Crippen molar-refractivity contribution in [3.05, 3.63) is 27.5 Å². The van der Waals surface area contributed by atoms with E-state index in [9.17, 15) is 5.11 Å². The van der Waals surface area contributed by atoms with Crippen molar-refractivity contribution >= 4 is 32.4 Å². The largest absolute Gasteiger partial charge is 0.507 e. The maximum atomic E-state index is 10.1. The lowest BCUT2D eigenvalue weighted by Gasteiger charge is -2.29. The molecule has 1 aliphatic heterocycles. The van der Waals surface area contributed by atoms with Gasteiger partial charge in [0, 0.05) is 28.0 Å². The fraction of sp³-hybridized carbons (Fsp3) is 0.438. The van der Waals surface area contributed by atoms with Gasteiger partial charge in [-0.2, -0.15) is 0 Å². The number of nitrogens with zero attached hydrogens (tertiary/aromatic N) is 2. The standard InChI is InChI=1S/C16H19BrN2OS/c1-10-5-7-19(8-6-10)16-18-15(11(2)21-16)13-9-12(17)3-4-14(13)20/h3-4,9-10,20H,5-8H2,1-2H3. The second-order valence-corrected chi connectivity index (χ2v) is 7.83. The van der Waals surface area contributed by atoms with Crippen LogP contribution in [-0.2, 0) is 0 Å². The average molecular weight is 367 g/mol. The Balaban J connectivity index is 1.93. The molecule has 0 bridgehead atoms. The van der Waals surface area contributed by atoms with Crippen molar-refractivity contribution in [3.63, 3.8) is 0 Å². The van der Waals surface area contributed by atoms with Crippen molar-refractivity contribution in [2.24, 2.45) is 5.92 Å². The highest BCUT2D eigenvalue weighted by Gasteiger charge is 2.21. The summed E-state index contributed by atoms with van der Waals surface area (Å²) < 4.78 is 0.955. The number of aryl methyl sites for hydroxylation is 1. The Kier molecular flexibility index (Phi) is 4.22. The molecule has 0 unspecified atom stereocenters. The molecule has 2 aromatic rings. The topological polar surface area (TPSA) is 36.4 Å². The fourth-order valence-corrected chi connectivity index (χ4v) is 4.00. The Morgan fingerprint density at radius 1 is 1.33 bits per heavy atom. The smallest absolute Gasteiger partial charge is 0.186 e. The normalized spacial score (nSPS) is 16.4. The lowest BCUT2D eigenvalue weighted by Crippen LogP contribution is -2.32. The predicted octanol–water partition coefficient (Wildman–Crippen LogP) is 4.82. The molecule has 1 fully saturated rings. The molecule has 112 valence electrons. The van der Waals surface area contributed by atoms with Crippen molar-refractivity contribution in [2.75, 3.05) is 18.0 Å². The second-order valence-electron chi connectivity index (χ2n) is 5.73. The molecule has 1 saturated heterocycles. The number of hydrogen-bond donors (Lipinski definition) is 1. The van der Waals surface area contributed by atoms with E-state index in [1.807, 2.05) is 12.1 Å². The number of hydrogen-bond acceptors (Lipinski definition) is 4.